The van der Waals surface area contributed by atoms with E-state index < -0.39 is 17.7 Å². The first kappa shape index (κ1) is 9.13. The van der Waals surface area contributed by atoms with E-state index in [4.69, 9.17) is 5.11 Å². The van der Waals surface area contributed by atoms with E-state index >= 15 is 0 Å². The van der Waals surface area contributed by atoms with Crippen LogP contribution in [0, 0.1) is 18.6 Å². The van der Waals surface area contributed by atoms with Crippen molar-refractivity contribution < 1.29 is 13.9 Å². The molecule has 0 aliphatic rings. The minimum absolute atomic E-state index is 0.00176. The largest absolute Gasteiger partial charge is 0.389 e. The fourth-order valence-electron chi connectivity index (χ4n) is 0.982. The zero-order chi connectivity index (χ0) is 9.30. The molecule has 3 heteroatoms. The van der Waals surface area contributed by atoms with Crippen molar-refractivity contribution in [3.8, 4) is 0 Å². The molecular formula is C9H10F2O. The Morgan fingerprint density at radius 1 is 1.25 bits per heavy atom. The Morgan fingerprint density at radius 2 is 1.83 bits per heavy atom. The number of halogens is 2. The van der Waals surface area contributed by atoms with Crippen molar-refractivity contribution in [2.24, 2.45) is 0 Å². The Hall–Kier alpha value is -0.960. The Labute approximate surface area is 69.7 Å². The highest BCUT2D eigenvalue weighted by Gasteiger charge is 2.10. The molecule has 0 spiro atoms. The van der Waals surface area contributed by atoms with Crippen LogP contribution in [0.1, 0.15) is 24.2 Å². The van der Waals surface area contributed by atoms with Gasteiger partial charge in [-0.2, -0.15) is 0 Å². The van der Waals surface area contributed by atoms with Crippen molar-refractivity contribution >= 4 is 0 Å². The SMILES string of the molecule is Cc1cc(F)c(C(C)O)cc1F. The molecule has 0 bridgehead atoms. The summed E-state index contributed by atoms with van der Waals surface area (Å²) in [5.41, 5.74) is 0.245. The van der Waals surface area contributed by atoms with Crippen LogP contribution in [0.25, 0.3) is 0 Å². The maximum absolute atomic E-state index is 13.0. The summed E-state index contributed by atoms with van der Waals surface area (Å²) in [6.07, 6.45) is -0.972. The van der Waals surface area contributed by atoms with Crippen LogP contribution in [0.15, 0.2) is 12.1 Å². The summed E-state index contributed by atoms with van der Waals surface area (Å²) in [7, 11) is 0. The molecule has 0 aliphatic heterocycles. The van der Waals surface area contributed by atoms with Gasteiger partial charge in [-0.05, 0) is 31.5 Å². The van der Waals surface area contributed by atoms with E-state index in [0.29, 0.717) is 0 Å². The van der Waals surface area contributed by atoms with Gasteiger partial charge in [0, 0.05) is 5.56 Å². The molecule has 1 N–H and O–H groups in total. The lowest BCUT2D eigenvalue weighted by atomic mass is 10.1. The number of hydrogen-bond acceptors (Lipinski definition) is 1. The number of aliphatic hydroxyl groups excluding tert-OH is 1. The highest BCUT2D eigenvalue weighted by Crippen LogP contribution is 2.19. The highest BCUT2D eigenvalue weighted by atomic mass is 19.1. The zero-order valence-electron chi connectivity index (χ0n) is 6.94. The fourth-order valence-corrected chi connectivity index (χ4v) is 0.982. The third-order valence-corrected chi connectivity index (χ3v) is 1.73. The van der Waals surface area contributed by atoms with E-state index in [-0.39, 0.29) is 11.1 Å². The monoisotopic (exact) mass is 172 g/mol. The molecule has 1 aromatic carbocycles. The molecule has 1 unspecified atom stereocenters. The molecule has 0 amide bonds. The molecule has 66 valence electrons. The van der Waals surface area contributed by atoms with Crippen LogP contribution >= 0.6 is 0 Å². The van der Waals surface area contributed by atoms with Gasteiger partial charge in [0.1, 0.15) is 11.6 Å². The van der Waals surface area contributed by atoms with E-state index in [0.717, 1.165) is 12.1 Å². The van der Waals surface area contributed by atoms with Crippen LogP contribution in [0.3, 0.4) is 0 Å². The van der Waals surface area contributed by atoms with E-state index in [1.165, 1.54) is 13.8 Å². The van der Waals surface area contributed by atoms with Crippen molar-refractivity contribution in [3.63, 3.8) is 0 Å². The van der Waals surface area contributed by atoms with Crippen LogP contribution in [-0.2, 0) is 0 Å². The molecule has 0 aromatic heterocycles. The number of benzene rings is 1. The van der Waals surface area contributed by atoms with E-state index in [1.807, 2.05) is 0 Å². The van der Waals surface area contributed by atoms with Gasteiger partial charge in [0.15, 0.2) is 0 Å². The third-order valence-electron chi connectivity index (χ3n) is 1.73. The second-order valence-electron chi connectivity index (χ2n) is 2.80. The predicted molar refractivity (Wildman–Crippen MR) is 41.7 cm³/mol. The summed E-state index contributed by atoms with van der Waals surface area (Å²) in [5.74, 6) is -1.06. The predicted octanol–water partition coefficient (Wildman–Crippen LogP) is 2.33. The Bertz CT molecular complexity index is 295. The minimum Gasteiger partial charge on any atom is -0.389 e. The number of aryl methyl sites for hydroxylation is 1. The average Bonchev–Trinajstić information content (AvgIpc) is 1.96. The number of hydrogen-bond donors (Lipinski definition) is 1. The van der Waals surface area contributed by atoms with Gasteiger partial charge in [-0.25, -0.2) is 8.78 Å². The van der Waals surface area contributed by atoms with Crippen LogP contribution in [0.2, 0.25) is 0 Å². The van der Waals surface area contributed by atoms with E-state index in [1.54, 1.807) is 0 Å². The topological polar surface area (TPSA) is 20.2 Å². The summed E-state index contributed by atoms with van der Waals surface area (Å²) in [6, 6.07) is 2.10. The summed E-state index contributed by atoms with van der Waals surface area (Å²) in [6.45, 7) is 2.87. The molecule has 0 fully saturated rings. The van der Waals surface area contributed by atoms with Crippen LogP contribution in [0.5, 0.6) is 0 Å². The molecule has 0 aliphatic carbocycles. The lowest BCUT2D eigenvalue weighted by Gasteiger charge is -2.07. The van der Waals surface area contributed by atoms with Gasteiger partial charge < -0.3 is 5.11 Å². The normalized spacial score (nSPS) is 13.1. The second kappa shape index (κ2) is 3.19. The summed E-state index contributed by atoms with van der Waals surface area (Å²) >= 11 is 0. The standard InChI is InChI=1S/C9H10F2O/c1-5-3-9(11)7(6(2)12)4-8(5)10/h3-4,6,12H,1-2H3. The average molecular weight is 172 g/mol. The fraction of sp³-hybridized carbons (Fsp3) is 0.333. The first-order valence-electron chi connectivity index (χ1n) is 3.66. The van der Waals surface area contributed by atoms with E-state index in [2.05, 4.69) is 0 Å². The van der Waals surface area contributed by atoms with Crippen molar-refractivity contribution in [2.45, 2.75) is 20.0 Å². The van der Waals surface area contributed by atoms with Crippen molar-refractivity contribution in [2.75, 3.05) is 0 Å². The van der Waals surface area contributed by atoms with Gasteiger partial charge in [0.05, 0.1) is 6.10 Å². The maximum Gasteiger partial charge on any atom is 0.129 e. The Morgan fingerprint density at radius 3 is 2.33 bits per heavy atom. The zero-order valence-corrected chi connectivity index (χ0v) is 6.94. The van der Waals surface area contributed by atoms with Crippen LogP contribution in [-0.4, -0.2) is 5.11 Å². The quantitative estimate of drug-likeness (QED) is 0.689. The van der Waals surface area contributed by atoms with Crippen LogP contribution < -0.4 is 0 Å². The molecule has 0 saturated carbocycles. The van der Waals surface area contributed by atoms with Crippen molar-refractivity contribution in [3.05, 3.63) is 34.9 Å². The molecular weight excluding hydrogens is 162 g/mol. The summed E-state index contributed by atoms with van der Waals surface area (Å²) in [5, 5.41) is 9.01. The van der Waals surface area contributed by atoms with Crippen molar-refractivity contribution in [1.82, 2.24) is 0 Å². The van der Waals surface area contributed by atoms with Gasteiger partial charge in [0.2, 0.25) is 0 Å². The summed E-state index contributed by atoms with van der Waals surface area (Å²) < 4.78 is 25.8. The molecule has 1 aromatic rings. The maximum atomic E-state index is 13.0. The molecule has 1 rings (SSSR count). The first-order chi connectivity index (χ1) is 5.52. The van der Waals surface area contributed by atoms with Crippen LogP contribution in [0.4, 0.5) is 8.78 Å². The molecule has 0 heterocycles. The first-order valence-corrected chi connectivity index (χ1v) is 3.66. The van der Waals surface area contributed by atoms with Gasteiger partial charge in [-0.15, -0.1) is 0 Å². The molecule has 1 atom stereocenters. The number of aliphatic hydroxyl groups is 1. The lowest BCUT2D eigenvalue weighted by molar-refractivity contribution is 0.193. The Balaban J connectivity index is 3.23. The number of rotatable bonds is 1. The highest BCUT2D eigenvalue weighted by molar-refractivity contribution is 5.26. The smallest absolute Gasteiger partial charge is 0.129 e. The van der Waals surface area contributed by atoms with Gasteiger partial charge >= 0.3 is 0 Å². The van der Waals surface area contributed by atoms with Gasteiger partial charge in [0.25, 0.3) is 0 Å². The summed E-state index contributed by atoms with van der Waals surface area (Å²) in [4.78, 5) is 0. The lowest BCUT2D eigenvalue weighted by Crippen LogP contribution is -1.98. The molecule has 12 heavy (non-hydrogen) atoms. The Kier molecular flexibility index (Phi) is 2.43. The van der Waals surface area contributed by atoms with Gasteiger partial charge in [-0.3, -0.25) is 0 Å². The third kappa shape index (κ3) is 1.61. The molecule has 1 nitrogen and oxygen atoms in total. The molecule has 0 saturated heterocycles. The van der Waals surface area contributed by atoms with Crippen molar-refractivity contribution in [1.29, 1.82) is 0 Å². The van der Waals surface area contributed by atoms with Gasteiger partial charge in [-0.1, -0.05) is 0 Å². The second-order valence-corrected chi connectivity index (χ2v) is 2.80. The van der Waals surface area contributed by atoms with E-state index in [9.17, 15) is 8.78 Å². The minimum atomic E-state index is -0.972. The molecule has 0 radical (unpaired) electrons.